The van der Waals surface area contributed by atoms with Gasteiger partial charge < -0.3 is 62.1 Å². The second kappa shape index (κ2) is 50.3. The summed E-state index contributed by atoms with van der Waals surface area (Å²) in [6, 6.07) is 24.1. The van der Waals surface area contributed by atoms with Gasteiger partial charge in [-0.1, -0.05) is 64.5 Å². The number of nitrogens with one attached hydrogen (secondary N) is 11. The maximum absolute atomic E-state index is 13.1. The second-order valence-corrected chi connectivity index (χ2v) is 40.9. The van der Waals surface area contributed by atoms with E-state index >= 15 is 0 Å². The van der Waals surface area contributed by atoms with E-state index in [0.717, 1.165) is 137 Å². The standard InChI is InChI=1S/C27H30N10O.C26H32N6O2.C13H20IN3O2.C7H10IN3.C7H11N3.C6H11BrO2.C4H6O.C3H5N3.C2HF3O/c38-25(36-9-8-23-24(15-36)33-35-32-23)16-37-14-22(26(34-37)30-20-6-3-7-20)19-12-28-27(29-13-19)31-21-10-17-4-1-2-5-18(17)11-21;1-26(2,3)34-23(33)16-32-15-22(24(31-32)29-20-9-6-10-20)19-13-27-25(28-14-19)30-21-11-17-7-4-5-8-18(17)12-21;1-13(2,3)19-11(18)8-17-7-10(14)12(16-17)15-9-5-4-6-9;8-6-4-9-11-7(6)10-5-2-1-3-5;1-2-6(3-1)9-7-4-5-8-10-7;1-6(2,3)9-5(8)4-7;5-4-2-1-3-4;4-3-1-2-5-6-3;3-2(4,5)1-6/h1-2,4-5,12-14,20-21H,3,6-11,15-16H2,(H,30,34)(H,28,29,31)(H,32,33,35);4-5,7-8,13-15,20-21H,6,9-12,16H2,1-3H3,(H,29,31)(H,27,28,30);7,9H,4-6,8H2,1-3H3,(H,15,16);4-5H,1-3H2,(H2,9,10,11);4-6H,1-3H2,(H2,8,9,10);4H2,1-3H3;1-3H2;1-2H,(H3,4,5,6);1H. The fourth-order valence-corrected chi connectivity index (χ4v) is 16.1. The van der Waals surface area contributed by atoms with E-state index < -0.39 is 23.7 Å². The largest absolute Gasteiger partial charge is 0.459 e. The summed E-state index contributed by atoms with van der Waals surface area (Å²) in [5, 5.41) is 68.9. The minimum Gasteiger partial charge on any atom is -0.459 e. The van der Waals surface area contributed by atoms with Crippen molar-refractivity contribution in [3.05, 3.63) is 163 Å². The van der Waals surface area contributed by atoms with Gasteiger partial charge in [-0.2, -0.15) is 59.2 Å². The first-order chi connectivity index (χ1) is 65.9. The predicted molar refractivity (Wildman–Crippen MR) is 541 cm³/mol. The molecule has 2 aromatic carbocycles. The van der Waals surface area contributed by atoms with Gasteiger partial charge >= 0.3 is 24.1 Å². The van der Waals surface area contributed by atoms with E-state index in [1.807, 2.05) is 123 Å². The molecule has 1 amide bonds. The Labute approximate surface area is 836 Å². The van der Waals surface area contributed by atoms with Crippen molar-refractivity contribution in [2.45, 2.75) is 301 Å². The summed E-state index contributed by atoms with van der Waals surface area (Å²) in [6.07, 6.45) is 38.5. The number of nitrogens with two attached hydrogens (primary N) is 1. The number of aromatic nitrogens is 19. The molecular formula is C95H126BrF3I2N28O9. The molecule has 6 saturated carbocycles. The molecule has 1 aliphatic heterocycles. The first kappa shape index (κ1) is 105. The SMILES string of the molecule is CC(C)(C)OC(=O)CBr.CC(C)(C)OC(=O)Cn1cc(-c2cnc(NC3Cc4ccccc4C3)nc2)c(NC2CCC2)n1.CC(C)(C)OC(=O)Cn1cc(I)c(NC2CCC2)n1.Ic1cn[nH]c1NC1CCC1.Nc1ccn[nH]1.O=C(Cn1cc(-c2cnc(NC3Cc4ccccc4C3)nc2)c(NC2CCC2)n1)N1CCc2n[nH]nc2C1.O=C1CCC1.O=CC(F)(F)F.c1cc(NC2CCC2)[nH]n1. The molecule has 0 saturated heterocycles. The number of fused-ring (bicyclic) bond motifs is 3. The number of ketones is 1. The zero-order valence-corrected chi connectivity index (χ0v) is 85.2. The van der Waals surface area contributed by atoms with E-state index in [0.29, 0.717) is 85.3 Å². The molecule has 10 heterocycles. The number of nitrogens with zero attached hydrogens (tertiary/aromatic N) is 16. The average molecular weight is 2190 g/mol. The molecule has 37 nitrogen and oxygen atoms in total. The number of benzene rings is 2. The van der Waals surface area contributed by atoms with E-state index in [1.54, 1.807) is 32.5 Å². The van der Waals surface area contributed by atoms with Gasteiger partial charge in [-0.25, -0.2) is 19.9 Å². The smallest absolute Gasteiger partial charge is 0.446 e. The van der Waals surface area contributed by atoms with Gasteiger partial charge in [-0.05, 0) is 270 Å². The van der Waals surface area contributed by atoms with Crippen LogP contribution in [-0.2, 0) is 101 Å². The Hall–Kier alpha value is -11.6. The molecule has 0 unspecified atom stereocenters. The van der Waals surface area contributed by atoms with Crippen molar-refractivity contribution in [2.24, 2.45) is 0 Å². The van der Waals surface area contributed by atoms with E-state index in [9.17, 15) is 37.1 Å². The number of carbonyl (C=O) groups is 6. The van der Waals surface area contributed by atoms with Gasteiger partial charge in [0.1, 0.15) is 70.7 Å². The van der Waals surface area contributed by atoms with Crippen molar-refractivity contribution in [2.75, 3.05) is 54.8 Å². The number of H-pyrrole nitrogens is 4. The number of carbonyl (C=O) groups excluding carboxylic acids is 6. The first-order valence-corrected chi connectivity index (χ1v) is 50.1. The van der Waals surface area contributed by atoms with Gasteiger partial charge in [0.25, 0.3) is 0 Å². The van der Waals surface area contributed by atoms with Crippen LogP contribution < -0.4 is 43.0 Å². The summed E-state index contributed by atoms with van der Waals surface area (Å²) in [4.78, 5) is 86.5. The fourth-order valence-electron chi connectivity index (χ4n) is 15.0. The van der Waals surface area contributed by atoms with Crippen LogP contribution in [0.2, 0.25) is 0 Å². The Morgan fingerprint density at radius 2 is 0.891 bits per heavy atom. The van der Waals surface area contributed by atoms with Crippen molar-refractivity contribution >= 4 is 144 Å². The topological polar surface area (TPSA) is 476 Å². The molecule has 0 bridgehead atoms. The van der Waals surface area contributed by atoms with Crippen LogP contribution in [0, 0.1) is 7.14 Å². The summed E-state index contributed by atoms with van der Waals surface area (Å²) in [6.45, 7) is 18.2. The second-order valence-electron chi connectivity index (χ2n) is 38.0. The molecule has 0 radical (unpaired) electrons. The third-order valence-corrected chi connectivity index (χ3v) is 25.2. The maximum atomic E-state index is 13.1. The lowest BCUT2D eigenvalue weighted by atomic mass is 9.93. The number of alkyl halides is 4. The van der Waals surface area contributed by atoms with E-state index in [-0.39, 0.29) is 54.4 Å². The number of halogens is 6. The molecule has 20 rings (SSSR count). The summed E-state index contributed by atoms with van der Waals surface area (Å²) < 4.78 is 54.1. The van der Waals surface area contributed by atoms with Crippen molar-refractivity contribution in [3.63, 3.8) is 0 Å². The van der Waals surface area contributed by atoms with E-state index in [2.05, 4.69) is 223 Å². The monoisotopic (exact) mass is 2190 g/mol. The molecule has 742 valence electrons. The van der Waals surface area contributed by atoms with Gasteiger partial charge in [0.15, 0.2) is 17.5 Å². The molecule has 43 heteroatoms. The Balaban J connectivity index is 0.000000153. The van der Waals surface area contributed by atoms with Crippen LogP contribution in [0.25, 0.3) is 22.3 Å². The molecule has 13 N–H and O–H groups in total. The molecule has 138 heavy (non-hydrogen) atoms. The molecule has 0 atom stereocenters. The Morgan fingerprint density at radius 3 is 1.25 bits per heavy atom. The lowest BCUT2D eigenvalue weighted by Gasteiger charge is -2.27. The number of amides is 1. The summed E-state index contributed by atoms with van der Waals surface area (Å²) >= 11 is 7.50. The molecule has 11 aromatic rings. The van der Waals surface area contributed by atoms with Crippen molar-refractivity contribution in [1.29, 1.82) is 0 Å². The van der Waals surface area contributed by atoms with Crippen molar-refractivity contribution < 1.29 is 56.1 Å². The number of ether oxygens (including phenoxy) is 3. The Morgan fingerprint density at radius 1 is 0.486 bits per heavy atom. The predicted octanol–water partition coefficient (Wildman–Crippen LogP) is 16.2. The lowest BCUT2D eigenvalue weighted by molar-refractivity contribution is -0.156. The Bertz CT molecular complexity index is 5620. The number of rotatable bonds is 23. The van der Waals surface area contributed by atoms with Gasteiger partial charge in [-0.3, -0.25) is 58.1 Å². The number of Topliss-reactive ketones (excluding diaryl/α,β-unsaturated/α-hetero) is 1. The summed E-state index contributed by atoms with van der Waals surface area (Å²) in [5.74, 6) is 6.02. The minimum absolute atomic E-state index is 0.0104. The average Bonchev–Trinajstić information content (AvgIpc) is 1.66. The molecule has 9 aromatic heterocycles. The molecule has 8 aliphatic carbocycles. The van der Waals surface area contributed by atoms with E-state index in [1.165, 1.54) is 96.5 Å². The van der Waals surface area contributed by atoms with Gasteiger partial charge in [0.2, 0.25) is 24.1 Å². The van der Waals surface area contributed by atoms with Crippen LogP contribution >= 0.6 is 61.1 Å². The number of aromatic amines is 4. The number of esters is 3. The van der Waals surface area contributed by atoms with Crippen LogP contribution in [-0.4, -0.2) is 213 Å². The highest BCUT2D eigenvalue weighted by Crippen LogP contribution is 2.36. The quantitative estimate of drug-likeness (QED) is 0.00930. The molecular weight excluding hydrogens is 2070 g/mol. The highest BCUT2D eigenvalue weighted by atomic mass is 127. The Kier molecular flexibility index (Phi) is 38.3. The van der Waals surface area contributed by atoms with Crippen LogP contribution in [0.1, 0.15) is 212 Å². The first-order valence-electron chi connectivity index (χ1n) is 46.8. The zero-order valence-electron chi connectivity index (χ0n) is 79.3. The van der Waals surface area contributed by atoms with Gasteiger partial charge in [0.05, 0.1) is 38.0 Å². The summed E-state index contributed by atoms with van der Waals surface area (Å²) in [7, 11) is 0. The number of aldehydes is 1. The fraction of sp³-hybridized carbons (Fsp3) is 0.516. The molecule has 9 aliphatic rings. The van der Waals surface area contributed by atoms with Crippen molar-refractivity contribution in [1.82, 2.24) is 100 Å². The van der Waals surface area contributed by atoms with Crippen molar-refractivity contribution in [3.8, 4) is 22.3 Å². The maximum Gasteiger partial charge on any atom is 0.446 e. The van der Waals surface area contributed by atoms with Crippen LogP contribution in [0.15, 0.2) is 123 Å². The number of hydrogen-bond donors (Lipinski definition) is 12. The zero-order chi connectivity index (χ0) is 98.5. The molecule has 6 fully saturated rings. The van der Waals surface area contributed by atoms with Gasteiger partial charge in [-0.15, -0.1) is 0 Å². The highest BCUT2D eigenvalue weighted by molar-refractivity contribution is 14.1. The van der Waals surface area contributed by atoms with Crippen LogP contribution in [0.5, 0.6) is 0 Å². The normalized spacial score (nSPS) is 16.0. The lowest BCUT2D eigenvalue weighted by Crippen LogP contribution is -2.38. The minimum atomic E-state index is -4.64. The molecule has 0 spiro atoms. The number of anilines is 8. The van der Waals surface area contributed by atoms with Gasteiger partial charge in [0, 0.05) is 134 Å². The third kappa shape index (κ3) is 34.7. The van der Waals surface area contributed by atoms with Crippen LogP contribution in [0.3, 0.4) is 0 Å². The van der Waals surface area contributed by atoms with Crippen LogP contribution in [0.4, 0.5) is 60.0 Å². The van der Waals surface area contributed by atoms with E-state index in [4.69, 9.17) is 29.8 Å². The highest BCUT2D eigenvalue weighted by Gasteiger charge is 2.32. The number of hydrogen-bond acceptors (Lipinski definition) is 29. The number of nitrogen functional groups attached to an aromatic ring is 1. The third-order valence-electron chi connectivity index (χ3n) is 23.1. The summed E-state index contributed by atoms with van der Waals surface area (Å²) in [5.41, 5.74) is 14.7.